The number of benzene rings is 1. The van der Waals surface area contributed by atoms with E-state index in [0.29, 0.717) is 0 Å². The van der Waals surface area contributed by atoms with Crippen molar-refractivity contribution >= 4 is 11.8 Å². The van der Waals surface area contributed by atoms with Crippen molar-refractivity contribution in [2.45, 2.75) is 31.0 Å². The Morgan fingerprint density at radius 2 is 1.95 bits per heavy atom. The van der Waals surface area contributed by atoms with Gasteiger partial charge in [0, 0.05) is 13.0 Å². The highest BCUT2D eigenvalue weighted by Gasteiger charge is 2.39. The minimum Gasteiger partial charge on any atom is -0.508 e. The SMILES string of the molecule is NC(=O)C1CC(O)CN1C(=O)C(N)Cc1ccc(O)cc1. The molecule has 21 heavy (non-hydrogen) atoms. The van der Waals surface area contributed by atoms with Crippen LogP contribution in [0.5, 0.6) is 5.75 Å². The molecule has 1 aromatic rings. The van der Waals surface area contributed by atoms with Gasteiger partial charge in [0.15, 0.2) is 0 Å². The number of aliphatic hydroxyl groups is 1. The van der Waals surface area contributed by atoms with Gasteiger partial charge in [0.25, 0.3) is 0 Å². The second-order valence-corrected chi connectivity index (χ2v) is 5.28. The molecule has 7 heteroatoms. The lowest BCUT2D eigenvalue weighted by molar-refractivity contribution is -0.138. The Hall–Kier alpha value is -2.12. The third kappa shape index (κ3) is 3.50. The number of carbonyl (C=O) groups excluding carboxylic acids is 2. The van der Waals surface area contributed by atoms with E-state index in [4.69, 9.17) is 11.5 Å². The molecule has 2 amide bonds. The highest BCUT2D eigenvalue weighted by molar-refractivity contribution is 5.89. The molecule has 0 bridgehead atoms. The van der Waals surface area contributed by atoms with Crippen molar-refractivity contribution in [2.24, 2.45) is 11.5 Å². The molecule has 1 heterocycles. The summed E-state index contributed by atoms with van der Waals surface area (Å²) < 4.78 is 0. The topological polar surface area (TPSA) is 130 Å². The van der Waals surface area contributed by atoms with E-state index >= 15 is 0 Å². The number of amides is 2. The summed E-state index contributed by atoms with van der Waals surface area (Å²) >= 11 is 0. The van der Waals surface area contributed by atoms with Gasteiger partial charge in [-0.25, -0.2) is 0 Å². The van der Waals surface area contributed by atoms with Crippen molar-refractivity contribution in [2.75, 3.05) is 6.54 Å². The van der Waals surface area contributed by atoms with Crippen molar-refractivity contribution in [1.29, 1.82) is 0 Å². The number of likely N-dealkylation sites (tertiary alicyclic amines) is 1. The summed E-state index contributed by atoms with van der Waals surface area (Å²) in [6, 6.07) is 4.73. The maximum absolute atomic E-state index is 12.3. The van der Waals surface area contributed by atoms with Crippen LogP contribution in [0.3, 0.4) is 0 Å². The maximum Gasteiger partial charge on any atom is 0.240 e. The number of aromatic hydroxyl groups is 1. The van der Waals surface area contributed by atoms with E-state index in [-0.39, 0.29) is 25.1 Å². The molecule has 0 saturated carbocycles. The Morgan fingerprint density at radius 3 is 2.52 bits per heavy atom. The lowest BCUT2D eigenvalue weighted by atomic mass is 10.0. The Morgan fingerprint density at radius 1 is 1.33 bits per heavy atom. The molecule has 6 N–H and O–H groups in total. The van der Waals surface area contributed by atoms with Gasteiger partial charge in [-0.05, 0) is 24.1 Å². The first-order valence-electron chi connectivity index (χ1n) is 6.70. The molecule has 1 aliphatic heterocycles. The highest BCUT2D eigenvalue weighted by Crippen LogP contribution is 2.19. The molecule has 0 radical (unpaired) electrons. The van der Waals surface area contributed by atoms with Crippen molar-refractivity contribution in [3.63, 3.8) is 0 Å². The number of rotatable bonds is 4. The molecule has 7 nitrogen and oxygen atoms in total. The lowest BCUT2D eigenvalue weighted by Crippen LogP contribution is -2.50. The van der Waals surface area contributed by atoms with Crippen LogP contribution in [0.15, 0.2) is 24.3 Å². The van der Waals surface area contributed by atoms with Gasteiger partial charge in [0.2, 0.25) is 11.8 Å². The predicted molar refractivity (Wildman–Crippen MR) is 75.1 cm³/mol. The van der Waals surface area contributed by atoms with Gasteiger partial charge < -0.3 is 26.6 Å². The Balaban J connectivity index is 2.04. The second kappa shape index (κ2) is 6.11. The van der Waals surface area contributed by atoms with Crippen LogP contribution in [0.1, 0.15) is 12.0 Å². The van der Waals surface area contributed by atoms with E-state index in [2.05, 4.69) is 0 Å². The second-order valence-electron chi connectivity index (χ2n) is 5.28. The Bertz CT molecular complexity index is 532. The molecule has 3 unspecified atom stereocenters. The van der Waals surface area contributed by atoms with Crippen LogP contribution in [0.25, 0.3) is 0 Å². The number of β-amino-alcohol motifs (C(OH)–C–C–N with tert-alkyl or cyclic N) is 1. The zero-order valence-corrected chi connectivity index (χ0v) is 11.5. The van der Waals surface area contributed by atoms with Gasteiger partial charge in [-0.1, -0.05) is 12.1 Å². The molecule has 2 rings (SSSR count). The summed E-state index contributed by atoms with van der Waals surface area (Å²) in [4.78, 5) is 24.9. The average molecular weight is 293 g/mol. The maximum atomic E-state index is 12.3. The fourth-order valence-corrected chi connectivity index (χ4v) is 2.51. The molecule has 1 aromatic carbocycles. The van der Waals surface area contributed by atoms with Gasteiger partial charge in [-0.3, -0.25) is 9.59 Å². The number of phenols is 1. The summed E-state index contributed by atoms with van der Waals surface area (Å²) in [6.07, 6.45) is -0.336. The first-order valence-corrected chi connectivity index (χ1v) is 6.70. The lowest BCUT2D eigenvalue weighted by Gasteiger charge is -2.25. The molecule has 1 saturated heterocycles. The van der Waals surface area contributed by atoms with Gasteiger partial charge in [0.1, 0.15) is 11.8 Å². The first-order chi connectivity index (χ1) is 9.88. The fourth-order valence-electron chi connectivity index (χ4n) is 2.51. The number of nitrogens with zero attached hydrogens (tertiary/aromatic N) is 1. The van der Waals surface area contributed by atoms with E-state index in [1.165, 1.54) is 17.0 Å². The predicted octanol–water partition coefficient (Wildman–Crippen LogP) is -1.29. The molecule has 0 aliphatic carbocycles. The third-order valence-corrected chi connectivity index (χ3v) is 3.60. The monoisotopic (exact) mass is 293 g/mol. The summed E-state index contributed by atoms with van der Waals surface area (Å²) in [7, 11) is 0. The van der Waals surface area contributed by atoms with E-state index in [0.717, 1.165) is 5.56 Å². The molecule has 0 spiro atoms. The minimum atomic E-state index is -0.832. The van der Waals surface area contributed by atoms with E-state index in [1.807, 2.05) is 0 Å². The van der Waals surface area contributed by atoms with Gasteiger partial charge in [-0.2, -0.15) is 0 Å². The summed E-state index contributed by atoms with van der Waals surface area (Å²) in [5.41, 5.74) is 11.9. The van der Waals surface area contributed by atoms with Gasteiger partial charge >= 0.3 is 0 Å². The van der Waals surface area contributed by atoms with Gasteiger partial charge in [-0.15, -0.1) is 0 Å². The quantitative estimate of drug-likeness (QED) is 0.549. The summed E-state index contributed by atoms with van der Waals surface area (Å²) in [6.45, 7) is 0.0652. The van der Waals surface area contributed by atoms with E-state index in [9.17, 15) is 19.8 Å². The molecule has 1 aliphatic rings. The highest BCUT2D eigenvalue weighted by atomic mass is 16.3. The molecule has 114 valence electrons. The van der Waals surface area contributed by atoms with Crippen molar-refractivity contribution < 1.29 is 19.8 Å². The van der Waals surface area contributed by atoms with E-state index in [1.54, 1.807) is 12.1 Å². The van der Waals surface area contributed by atoms with E-state index < -0.39 is 30.0 Å². The molecular formula is C14H19N3O4. The largest absolute Gasteiger partial charge is 0.508 e. The summed E-state index contributed by atoms with van der Waals surface area (Å²) in [5.74, 6) is -0.921. The minimum absolute atomic E-state index is 0.0652. The summed E-state index contributed by atoms with van der Waals surface area (Å²) in [5, 5.41) is 18.8. The van der Waals surface area contributed by atoms with Crippen molar-refractivity contribution in [3.05, 3.63) is 29.8 Å². The third-order valence-electron chi connectivity index (χ3n) is 3.60. The number of aliphatic hydroxyl groups excluding tert-OH is 1. The molecule has 1 fully saturated rings. The zero-order chi connectivity index (χ0) is 15.6. The van der Waals surface area contributed by atoms with Crippen LogP contribution in [0.4, 0.5) is 0 Å². The molecular weight excluding hydrogens is 274 g/mol. The van der Waals surface area contributed by atoms with Crippen LogP contribution in [-0.2, 0) is 16.0 Å². The number of hydrogen-bond donors (Lipinski definition) is 4. The van der Waals surface area contributed by atoms with Crippen LogP contribution >= 0.6 is 0 Å². The van der Waals surface area contributed by atoms with Crippen LogP contribution < -0.4 is 11.5 Å². The molecule has 3 atom stereocenters. The smallest absolute Gasteiger partial charge is 0.240 e. The Kier molecular flexibility index (Phi) is 4.44. The first kappa shape index (κ1) is 15.3. The van der Waals surface area contributed by atoms with Crippen LogP contribution in [0.2, 0.25) is 0 Å². The Labute approximate surface area is 122 Å². The van der Waals surface area contributed by atoms with Gasteiger partial charge in [0.05, 0.1) is 12.1 Å². The normalized spacial score (nSPS) is 23.0. The number of nitrogens with two attached hydrogens (primary N) is 2. The average Bonchev–Trinajstić information content (AvgIpc) is 2.82. The standard InChI is InChI=1S/C14H19N3O4/c15-11(5-8-1-3-9(18)4-2-8)14(21)17-7-10(19)6-12(17)13(16)20/h1-4,10-12,18-19H,5-7,15H2,(H2,16,20). The van der Waals surface area contributed by atoms with Crippen LogP contribution in [-0.4, -0.2) is 51.7 Å². The number of carbonyl (C=O) groups is 2. The van der Waals surface area contributed by atoms with Crippen molar-refractivity contribution in [1.82, 2.24) is 4.90 Å². The van der Waals surface area contributed by atoms with Crippen molar-refractivity contribution in [3.8, 4) is 5.75 Å². The fraction of sp³-hybridized carbons (Fsp3) is 0.429. The zero-order valence-electron chi connectivity index (χ0n) is 11.5. The van der Waals surface area contributed by atoms with Crippen LogP contribution in [0, 0.1) is 0 Å². The number of hydrogen-bond acceptors (Lipinski definition) is 5. The number of primary amides is 1. The molecule has 0 aromatic heterocycles. The number of phenolic OH excluding ortho intramolecular Hbond substituents is 1.